The molecule has 2 rings (SSSR count). The van der Waals surface area contributed by atoms with Crippen LogP contribution in [-0.2, 0) is 12.0 Å². The minimum Gasteiger partial charge on any atom is -0.393 e. The van der Waals surface area contributed by atoms with E-state index in [-0.39, 0.29) is 11.9 Å². The van der Waals surface area contributed by atoms with Crippen LogP contribution in [0.2, 0.25) is 0 Å². The highest BCUT2D eigenvalue weighted by atomic mass is 19.1. The molecule has 0 aliphatic heterocycles. The van der Waals surface area contributed by atoms with Crippen LogP contribution in [0.5, 0.6) is 0 Å². The summed E-state index contributed by atoms with van der Waals surface area (Å²) in [5.74, 6) is -0.255. The van der Waals surface area contributed by atoms with Gasteiger partial charge in [0.25, 0.3) is 0 Å². The molecule has 1 aliphatic carbocycles. The number of aliphatic hydroxyl groups is 2. The number of halogens is 1. The summed E-state index contributed by atoms with van der Waals surface area (Å²) in [6.45, 7) is 2.08. The van der Waals surface area contributed by atoms with Crippen molar-refractivity contribution in [3.63, 3.8) is 0 Å². The van der Waals surface area contributed by atoms with E-state index in [4.69, 9.17) is 0 Å². The van der Waals surface area contributed by atoms with Crippen LogP contribution in [0.3, 0.4) is 0 Å². The predicted molar refractivity (Wildman–Crippen MR) is 73.4 cm³/mol. The van der Waals surface area contributed by atoms with Gasteiger partial charge in [-0.15, -0.1) is 0 Å². The SMILES string of the molecule is CCCCc1cccc(C2(O)CCC(O)CC2)c1F. The van der Waals surface area contributed by atoms with Gasteiger partial charge in [-0.2, -0.15) is 0 Å². The van der Waals surface area contributed by atoms with Crippen LogP contribution in [0.25, 0.3) is 0 Å². The Hall–Kier alpha value is -0.930. The second kappa shape index (κ2) is 6.02. The molecule has 0 atom stereocenters. The van der Waals surface area contributed by atoms with E-state index in [2.05, 4.69) is 6.92 Å². The molecule has 0 radical (unpaired) electrons. The van der Waals surface area contributed by atoms with E-state index < -0.39 is 5.60 Å². The van der Waals surface area contributed by atoms with E-state index in [1.165, 1.54) is 0 Å². The zero-order valence-electron chi connectivity index (χ0n) is 11.5. The molecular formula is C16H23FO2. The zero-order valence-corrected chi connectivity index (χ0v) is 11.5. The molecule has 1 aromatic rings. The van der Waals surface area contributed by atoms with Crippen LogP contribution in [0.4, 0.5) is 4.39 Å². The molecule has 0 amide bonds. The van der Waals surface area contributed by atoms with Gasteiger partial charge >= 0.3 is 0 Å². The van der Waals surface area contributed by atoms with E-state index in [1.807, 2.05) is 6.07 Å². The molecule has 2 nitrogen and oxygen atoms in total. The Morgan fingerprint density at radius 1 is 1.32 bits per heavy atom. The summed E-state index contributed by atoms with van der Waals surface area (Å²) in [4.78, 5) is 0. The van der Waals surface area contributed by atoms with Crippen molar-refractivity contribution in [2.24, 2.45) is 0 Å². The van der Waals surface area contributed by atoms with Crippen molar-refractivity contribution < 1.29 is 14.6 Å². The van der Waals surface area contributed by atoms with Gasteiger partial charge in [-0.05, 0) is 44.1 Å². The van der Waals surface area contributed by atoms with Gasteiger partial charge in [0.1, 0.15) is 5.82 Å². The molecule has 1 aromatic carbocycles. The molecule has 106 valence electrons. The molecule has 0 saturated heterocycles. The number of rotatable bonds is 4. The number of aliphatic hydroxyl groups excluding tert-OH is 1. The van der Waals surface area contributed by atoms with Crippen LogP contribution in [-0.4, -0.2) is 16.3 Å². The topological polar surface area (TPSA) is 40.5 Å². The fourth-order valence-corrected chi connectivity index (χ4v) is 2.85. The molecule has 0 bridgehead atoms. The van der Waals surface area contributed by atoms with Crippen LogP contribution in [0.1, 0.15) is 56.6 Å². The van der Waals surface area contributed by atoms with Gasteiger partial charge < -0.3 is 10.2 Å². The molecule has 0 heterocycles. The lowest BCUT2D eigenvalue weighted by Crippen LogP contribution is -2.34. The van der Waals surface area contributed by atoms with Crippen LogP contribution < -0.4 is 0 Å². The van der Waals surface area contributed by atoms with Crippen molar-refractivity contribution >= 4 is 0 Å². The molecule has 0 unspecified atom stereocenters. The minimum absolute atomic E-state index is 0.255. The molecule has 1 saturated carbocycles. The van der Waals surface area contributed by atoms with Crippen molar-refractivity contribution in [1.82, 2.24) is 0 Å². The Morgan fingerprint density at radius 3 is 2.63 bits per heavy atom. The number of hydrogen-bond acceptors (Lipinski definition) is 2. The van der Waals surface area contributed by atoms with E-state index in [1.54, 1.807) is 12.1 Å². The Bertz CT molecular complexity index is 423. The molecule has 0 spiro atoms. The maximum absolute atomic E-state index is 14.5. The molecular weight excluding hydrogens is 243 g/mol. The summed E-state index contributed by atoms with van der Waals surface area (Å²) in [5, 5.41) is 20.2. The Morgan fingerprint density at radius 2 is 2.00 bits per heavy atom. The molecule has 19 heavy (non-hydrogen) atoms. The first-order valence-electron chi connectivity index (χ1n) is 7.25. The number of hydrogen-bond donors (Lipinski definition) is 2. The fourth-order valence-electron chi connectivity index (χ4n) is 2.85. The largest absolute Gasteiger partial charge is 0.393 e. The minimum atomic E-state index is -1.11. The number of unbranched alkanes of at least 4 members (excludes halogenated alkanes) is 1. The summed E-state index contributed by atoms with van der Waals surface area (Å²) in [7, 11) is 0. The summed E-state index contributed by atoms with van der Waals surface area (Å²) in [6, 6.07) is 5.31. The smallest absolute Gasteiger partial charge is 0.132 e. The van der Waals surface area contributed by atoms with Gasteiger partial charge in [0, 0.05) is 5.56 Å². The van der Waals surface area contributed by atoms with Gasteiger partial charge in [-0.3, -0.25) is 0 Å². The van der Waals surface area contributed by atoms with Crippen molar-refractivity contribution in [2.75, 3.05) is 0 Å². The van der Waals surface area contributed by atoms with Crippen LogP contribution in [0.15, 0.2) is 18.2 Å². The second-order valence-electron chi connectivity index (χ2n) is 5.64. The Balaban J connectivity index is 2.24. The quantitative estimate of drug-likeness (QED) is 0.878. The standard InChI is InChI=1S/C16H23FO2/c1-2-3-5-12-6-4-7-14(15(12)17)16(19)10-8-13(18)9-11-16/h4,6-7,13,18-19H,2-3,5,8-11H2,1H3. The zero-order chi connectivity index (χ0) is 13.9. The van der Waals surface area contributed by atoms with Gasteiger partial charge in [-0.1, -0.05) is 31.5 Å². The summed E-state index contributed by atoms with van der Waals surface area (Å²) >= 11 is 0. The van der Waals surface area contributed by atoms with Crippen LogP contribution in [0, 0.1) is 5.82 Å². The molecule has 3 heteroatoms. The average Bonchev–Trinajstić information content (AvgIpc) is 2.41. The van der Waals surface area contributed by atoms with Crippen LogP contribution >= 0.6 is 0 Å². The maximum Gasteiger partial charge on any atom is 0.132 e. The normalized spacial score (nSPS) is 27.5. The number of aryl methyl sites for hydroxylation is 1. The number of benzene rings is 1. The van der Waals surface area contributed by atoms with E-state index in [9.17, 15) is 14.6 Å². The lowest BCUT2D eigenvalue weighted by atomic mass is 9.78. The third-order valence-electron chi connectivity index (χ3n) is 4.16. The Kier molecular flexibility index (Phi) is 4.58. The van der Waals surface area contributed by atoms with Gasteiger partial charge in [0.05, 0.1) is 11.7 Å². The lowest BCUT2D eigenvalue weighted by molar-refractivity contribution is -0.0385. The van der Waals surface area contributed by atoms with Crippen molar-refractivity contribution in [1.29, 1.82) is 0 Å². The summed E-state index contributed by atoms with van der Waals surface area (Å²) in [5.41, 5.74) is -0.00201. The first-order valence-corrected chi connectivity index (χ1v) is 7.25. The maximum atomic E-state index is 14.5. The van der Waals surface area contributed by atoms with E-state index >= 15 is 0 Å². The molecule has 2 N–H and O–H groups in total. The highest BCUT2D eigenvalue weighted by Gasteiger charge is 2.36. The average molecular weight is 266 g/mol. The molecule has 1 fully saturated rings. The lowest BCUT2D eigenvalue weighted by Gasteiger charge is -2.35. The van der Waals surface area contributed by atoms with E-state index in [0.717, 1.165) is 19.3 Å². The predicted octanol–water partition coefficient (Wildman–Crippen LogP) is 3.29. The van der Waals surface area contributed by atoms with Crippen molar-refractivity contribution in [3.05, 3.63) is 35.1 Å². The second-order valence-corrected chi connectivity index (χ2v) is 5.64. The molecule has 0 aromatic heterocycles. The van der Waals surface area contributed by atoms with E-state index in [0.29, 0.717) is 36.8 Å². The van der Waals surface area contributed by atoms with Gasteiger partial charge in [0.15, 0.2) is 0 Å². The summed E-state index contributed by atoms with van der Waals surface area (Å²) in [6.07, 6.45) is 4.29. The monoisotopic (exact) mass is 266 g/mol. The van der Waals surface area contributed by atoms with Gasteiger partial charge in [0.2, 0.25) is 0 Å². The van der Waals surface area contributed by atoms with Gasteiger partial charge in [-0.25, -0.2) is 4.39 Å². The fraction of sp³-hybridized carbons (Fsp3) is 0.625. The van der Waals surface area contributed by atoms with Crippen molar-refractivity contribution in [2.45, 2.75) is 63.6 Å². The highest BCUT2D eigenvalue weighted by molar-refractivity contribution is 5.31. The highest BCUT2D eigenvalue weighted by Crippen LogP contribution is 2.38. The summed E-state index contributed by atoms with van der Waals surface area (Å²) < 4.78 is 14.5. The first-order chi connectivity index (χ1) is 9.07. The third-order valence-corrected chi connectivity index (χ3v) is 4.16. The third kappa shape index (κ3) is 3.15. The van der Waals surface area contributed by atoms with Crippen molar-refractivity contribution in [3.8, 4) is 0 Å². The Labute approximate surface area is 114 Å². The molecule has 1 aliphatic rings. The first kappa shape index (κ1) is 14.5.